The summed E-state index contributed by atoms with van der Waals surface area (Å²) < 4.78 is 5.73. The standard InChI is InChI=1S/C30H30ClNO4/c1-30(2,3)36-29(35)32(19-21-6-4-20(5-7-21)8-17-28(33)34)27-18-26(27)24-11-9-22(10-12-24)23-13-15-25(31)16-14-23/h4-17,26-27H,18-19H2,1-3H3,(H,33,34)/b17-8+. The number of carbonyl (C=O) groups excluding carboxylic acids is 1. The van der Waals surface area contributed by atoms with Crippen LogP contribution in [0.2, 0.25) is 5.02 Å². The maximum absolute atomic E-state index is 13.1. The molecule has 1 N–H and O–H groups in total. The molecule has 0 radical (unpaired) electrons. The fourth-order valence-corrected chi connectivity index (χ4v) is 4.31. The van der Waals surface area contributed by atoms with Gasteiger partial charge in [0.25, 0.3) is 0 Å². The van der Waals surface area contributed by atoms with E-state index in [4.69, 9.17) is 21.4 Å². The van der Waals surface area contributed by atoms with Crippen LogP contribution < -0.4 is 0 Å². The molecule has 3 aromatic rings. The SMILES string of the molecule is CC(C)(C)OC(=O)N(Cc1ccc(/C=C/C(=O)O)cc1)C1CC1c1ccc(-c2ccc(Cl)cc2)cc1. The molecule has 1 amide bonds. The highest BCUT2D eigenvalue weighted by Gasteiger charge is 2.46. The molecule has 0 spiro atoms. The fourth-order valence-electron chi connectivity index (χ4n) is 4.19. The van der Waals surface area contributed by atoms with Gasteiger partial charge in [-0.05, 0) is 73.2 Å². The molecule has 6 heteroatoms. The number of aliphatic carboxylic acids is 1. The van der Waals surface area contributed by atoms with Crippen LogP contribution in [0.4, 0.5) is 4.79 Å². The van der Waals surface area contributed by atoms with Crippen molar-refractivity contribution in [3.63, 3.8) is 0 Å². The summed E-state index contributed by atoms with van der Waals surface area (Å²) in [6.45, 7) is 6.02. The highest BCUT2D eigenvalue weighted by Crippen LogP contribution is 2.46. The van der Waals surface area contributed by atoms with E-state index in [0.29, 0.717) is 11.6 Å². The van der Waals surface area contributed by atoms with E-state index in [2.05, 4.69) is 24.3 Å². The number of benzene rings is 3. The largest absolute Gasteiger partial charge is 0.478 e. The van der Waals surface area contributed by atoms with Gasteiger partial charge < -0.3 is 14.7 Å². The topological polar surface area (TPSA) is 66.8 Å². The third-order valence-electron chi connectivity index (χ3n) is 6.05. The Morgan fingerprint density at radius 2 is 1.56 bits per heavy atom. The first kappa shape index (κ1) is 25.5. The summed E-state index contributed by atoms with van der Waals surface area (Å²) in [4.78, 5) is 25.7. The number of rotatable bonds is 7. The van der Waals surface area contributed by atoms with Gasteiger partial charge >= 0.3 is 12.1 Å². The average molecular weight is 504 g/mol. The molecule has 36 heavy (non-hydrogen) atoms. The monoisotopic (exact) mass is 503 g/mol. The van der Waals surface area contributed by atoms with Gasteiger partial charge in [-0.1, -0.05) is 72.3 Å². The summed E-state index contributed by atoms with van der Waals surface area (Å²) in [6.07, 6.45) is 3.19. The van der Waals surface area contributed by atoms with Crippen LogP contribution >= 0.6 is 11.6 Å². The van der Waals surface area contributed by atoms with Crippen LogP contribution in [0.1, 0.15) is 49.8 Å². The Bertz CT molecular complexity index is 1240. The van der Waals surface area contributed by atoms with Gasteiger partial charge in [0.2, 0.25) is 0 Å². The third kappa shape index (κ3) is 6.76. The lowest BCUT2D eigenvalue weighted by molar-refractivity contribution is -0.131. The maximum Gasteiger partial charge on any atom is 0.410 e. The van der Waals surface area contributed by atoms with Gasteiger partial charge in [0, 0.05) is 29.6 Å². The molecule has 1 fully saturated rings. The van der Waals surface area contributed by atoms with Crippen molar-refractivity contribution in [1.82, 2.24) is 4.90 Å². The zero-order valence-corrected chi connectivity index (χ0v) is 21.4. The summed E-state index contributed by atoms with van der Waals surface area (Å²) >= 11 is 6.01. The minimum Gasteiger partial charge on any atom is -0.478 e. The van der Waals surface area contributed by atoms with Crippen molar-refractivity contribution in [2.45, 2.75) is 51.3 Å². The van der Waals surface area contributed by atoms with Crippen LogP contribution in [0.25, 0.3) is 17.2 Å². The Balaban J connectivity index is 1.49. The second kappa shape index (κ2) is 10.6. The maximum atomic E-state index is 13.1. The predicted octanol–water partition coefficient (Wildman–Crippen LogP) is 7.40. The predicted molar refractivity (Wildman–Crippen MR) is 143 cm³/mol. The smallest absolute Gasteiger partial charge is 0.410 e. The lowest BCUT2D eigenvalue weighted by Crippen LogP contribution is -2.38. The first-order valence-corrected chi connectivity index (χ1v) is 12.3. The summed E-state index contributed by atoms with van der Waals surface area (Å²) in [5.41, 5.74) is 4.57. The number of nitrogens with zero attached hydrogens (tertiary/aromatic N) is 1. The molecule has 2 unspecified atom stereocenters. The van der Waals surface area contributed by atoms with Crippen molar-refractivity contribution in [3.05, 3.63) is 101 Å². The highest BCUT2D eigenvalue weighted by molar-refractivity contribution is 6.30. The molecule has 2 atom stereocenters. The molecule has 1 aliphatic carbocycles. The van der Waals surface area contributed by atoms with E-state index in [-0.39, 0.29) is 18.1 Å². The van der Waals surface area contributed by atoms with Gasteiger partial charge in [0.15, 0.2) is 0 Å². The van der Waals surface area contributed by atoms with Crippen LogP contribution in [-0.2, 0) is 16.1 Å². The average Bonchev–Trinajstić information content (AvgIpc) is 3.62. The van der Waals surface area contributed by atoms with Gasteiger partial charge in [-0.2, -0.15) is 0 Å². The summed E-state index contributed by atoms with van der Waals surface area (Å²) in [5.74, 6) is -0.745. The molecule has 0 heterocycles. The van der Waals surface area contributed by atoms with Crippen molar-refractivity contribution >= 4 is 29.7 Å². The van der Waals surface area contributed by atoms with E-state index < -0.39 is 11.6 Å². The summed E-state index contributed by atoms with van der Waals surface area (Å²) in [5, 5.41) is 9.54. The van der Waals surface area contributed by atoms with Crippen LogP contribution in [0.15, 0.2) is 78.9 Å². The van der Waals surface area contributed by atoms with Gasteiger partial charge in [0.05, 0.1) is 0 Å². The Hall–Kier alpha value is -3.57. The Kier molecular flexibility index (Phi) is 7.51. The summed E-state index contributed by atoms with van der Waals surface area (Å²) in [7, 11) is 0. The molecule has 5 nitrogen and oxygen atoms in total. The second-order valence-electron chi connectivity index (χ2n) is 10.1. The Labute approximate surface area is 217 Å². The molecule has 1 saturated carbocycles. The number of carboxylic acid groups (broad SMARTS) is 1. The Morgan fingerprint density at radius 1 is 0.972 bits per heavy atom. The normalized spacial score (nSPS) is 17.1. The minimum atomic E-state index is -0.990. The van der Waals surface area contributed by atoms with Crippen LogP contribution in [0, 0.1) is 0 Å². The van der Waals surface area contributed by atoms with Crippen LogP contribution in [0.3, 0.4) is 0 Å². The van der Waals surface area contributed by atoms with Crippen molar-refractivity contribution in [1.29, 1.82) is 0 Å². The molecule has 186 valence electrons. The zero-order valence-electron chi connectivity index (χ0n) is 20.6. The number of halogens is 1. The van der Waals surface area contributed by atoms with Crippen molar-refractivity contribution < 1.29 is 19.4 Å². The van der Waals surface area contributed by atoms with Crippen LogP contribution in [0.5, 0.6) is 0 Å². The molecule has 1 aliphatic rings. The van der Waals surface area contributed by atoms with Crippen molar-refractivity contribution in [2.75, 3.05) is 0 Å². The van der Waals surface area contributed by atoms with Gasteiger partial charge in [-0.15, -0.1) is 0 Å². The van der Waals surface area contributed by atoms with Crippen molar-refractivity contribution in [2.24, 2.45) is 0 Å². The first-order valence-electron chi connectivity index (χ1n) is 11.9. The fraction of sp³-hybridized carbons (Fsp3) is 0.267. The quantitative estimate of drug-likeness (QED) is 0.341. The van der Waals surface area contributed by atoms with Gasteiger partial charge in [-0.25, -0.2) is 9.59 Å². The number of carbonyl (C=O) groups is 2. The summed E-state index contributed by atoms with van der Waals surface area (Å²) in [6, 6.07) is 23.8. The molecule has 0 aliphatic heterocycles. The van der Waals surface area contributed by atoms with E-state index in [1.165, 1.54) is 5.56 Å². The highest BCUT2D eigenvalue weighted by atomic mass is 35.5. The first-order chi connectivity index (χ1) is 17.1. The number of amides is 1. The van der Waals surface area contributed by atoms with E-state index in [1.54, 1.807) is 6.08 Å². The van der Waals surface area contributed by atoms with E-state index in [1.807, 2.05) is 74.2 Å². The molecule has 3 aromatic carbocycles. The molecule has 0 aromatic heterocycles. The molecule has 0 bridgehead atoms. The Morgan fingerprint density at radius 3 is 2.11 bits per heavy atom. The minimum absolute atomic E-state index is 0.0489. The number of hydrogen-bond donors (Lipinski definition) is 1. The van der Waals surface area contributed by atoms with E-state index in [0.717, 1.165) is 34.8 Å². The van der Waals surface area contributed by atoms with Gasteiger partial charge in [-0.3, -0.25) is 0 Å². The van der Waals surface area contributed by atoms with E-state index in [9.17, 15) is 9.59 Å². The van der Waals surface area contributed by atoms with Crippen molar-refractivity contribution in [3.8, 4) is 11.1 Å². The zero-order chi connectivity index (χ0) is 25.9. The van der Waals surface area contributed by atoms with Crippen LogP contribution in [-0.4, -0.2) is 33.7 Å². The molecule has 4 rings (SSSR count). The third-order valence-corrected chi connectivity index (χ3v) is 6.30. The van der Waals surface area contributed by atoms with Gasteiger partial charge in [0.1, 0.15) is 5.60 Å². The lowest BCUT2D eigenvalue weighted by atomic mass is 10.0. The van der Waals surface area contributed by atoms with E-state index >= 15 is 0 Å². The number of carboxylic acids is 1. The second-order valence-corrected chi connectivity index (χ2v) is 10.5. The lowest BCUT2D eigenvalue weighted by Gasteiger charge is -2.28. The number of ether oxygens (including phenoxy) is 1. The molecular formula is C30H30ClNO4. The molecule has 0 saturated heterocycles. The molecular weight excluding hydrogens is 474 g/mol. The number of hydrogen-bond acceptors (Lipinski definition) is 3.